The first kappa shape index (κ1) is 28.0. The van der Waals surface area contributed by atoms with Gasteiger partial charge >= 0.3 is 6.09 Å². The number of phenolic OH excluding ortho intramolecular Hbond substituents is 1. The molecular weight excluding hydrogens is 494 g/mol. The van der Waals surface area contributed by atoms with Crippen LogP contribution in [0.3, 0.4) is 0 Å². The minimum absolute atomic E-state index is 0.196. The van der Waals surface area contributed by atoms with Crippen LogP contribution in [0, 0.1) is 0 Å². The molecule has 1 heterocycles. The number of aliphatic hydroxyl groups is 1. The van der Waals surface area contributed by atoms with Gasteiger partial charge in [-0.3, -0.25) is 0 Å². The molecule has 0 aromatic heterocycles. The van der Waals surface area contributed by atoms with Gasteiger partial charge in [0.1, 0.15) is 11.5 Å². The van der Waals surface area contributed by atoms with Gasteiger partial charge in [0.2, 0.25) is 0 Å². The molecule has 0 spiro atoms. The summed E-state index contributed by atoms with van der Waals surface area (Å²) in [6, 6.07) is 20.0. The number of unbranched alkanes of at least 4 members (excludes halogenated alkanes) is 3. The molecular formula is C31H37N3O5. The Balaban J connectivity index is 1.14. The Morgan fingerprint density at radius 3 is 2.59 bits per heavy atom. The van der Waals surface area contributed by atoms with Gasteiger partial charge in [-0.2, -0.15) is 0 Å². The predicted molar refractivity (Wildman–Crippen MR) is 153 cm³/mol. The average molecular weight is 532 g/mol. The Bertz CT molecular complexity index is 1250. The Morgan fingerprint density at radius 2 is 1.77 bits per heavy atom. The lowest BCUT2D eigenvalue weighted by atomic mass is 9.97. The van der Waals surface area contributed by atoms with E-state index in [2.05, 4.69) is 16.0 Å². The highest BCUT2D eigenvalue weighted by molar-refractivity contribution is 5.77. The van der Waals surface area contributed by atoms with Crippen molar-refractivity contribution in [2.24, 2.45) is 0 Å². The number of anilines is 1. The highest BCUT2D eigenvalue weighted by Gasteiger charge is 2.19. The lowest BCUT2D eigenvalue weighted by molar-refractivity contribution is 0.174. The monoisotopic (exact) mass is 531 g/mol. The molecule has 1 unspecified atom stereocenters. The van der Waals surface area contributed by atoms with E-state index < -0.39 is 18.2 Å². The van der Waals surface area contributed by atoms with Crippen LogP contribution in [0.25, 0.3) is 6.08 Å². The molecule has 1 aliphatic heterocycles. The number of aliphatic hydroxyl groups excluding tert-OH is 1. The zero-order valence-corrected chi connectivity index (χ0v) is 22.0. The number of phenols is 1. The second-order valence-corrected chi connectivity index (χ2v) is 9.59. The summed E-state index contributed by atoms with van der Waals surface area (Å²) in [5.41, 5.74) is 4.02. The number of amides is 1. The van der Waals surface area contributed by atoms with E-state index >= 15 is 0 Å². The Morgan fingerprint density at radius 1 is 0.974 bits per heavy atom. The van der Waals surface area contributed by atoms with E-state index in [4.69, 9.17) is 4.74 Å². The number of ether oxygens (including phenoxy) is 1. The van der Waals surface area contributed by atoms with E-state index in [1.54, 1.807) is 12.1 Å². The van der Waals surface area contributed by atoms with E-state index in [0.717, 1.165) is 60.2 Å². The predicted octanol–water partition coefficient (Wildman–Crippen LogP) is 5.45. The van der Waals surface area contributed by atoms with Crippen LogP contribution >= 0.6 is 0 Å². The van der Waals surface area contributed by atoms with E-state index in [-0.39, 0.29) is 5.75 Å². The van der Waals surface area contributed by atoms with Crippen molar-refractivity contribution in [3.05, 3.63) is 95.1 Å². The number of hydrogen-bond acceptors (Lipinski definition) is 6. The molecule has 1 aliphatic rings. The third kappa shape index (κ3) is 7.99. The quantitative estimate of drug-likeness (QED) is 0.121. The van der Waals surface area contributed by atoms with Gasteiger partial charge in [0.25, 0.3) is 0 Å². The normalized spacial score (nSPS) is 13.7. The van der Waals surface area contributed by atoms with Crippen molar-refractivity contribution in [3.63, 3.8) is 0 Å². The fraction of sp³-hybridized carbons (Fsp3) is 0.323. The second kappa shape index (κ2) is 14.2. The summed E-state index contributed by atoms with van der Waals surface area (Å²) in [6.45, 7) is 2.51. The second-order valence-electron chi connectivity index (χ2n) is 9.59. The standard InChI is InChI=1S/C31H37N3O5/c35-27-16-15-25(26-14-9-18-33-30(26)27)28(36)21-32-17-6-1-2-7-19-39-24-13-8-12-23(20-24)29(34-31(37)38)22-10-4-3-5-11-22/h3-5,8-16,20,28-29,32-36H,1-2,6-7,17-19,21H2,(H,37,38)/t28-,29?/m1/s1. The minimum Gasteiger partial charge on any atom is -0.506 e. The van der Waals surface area contributed by atoms with Gasteiger partial charge < -0.3 is 36.0 Å². The van der Waals surface area contributed by atoms with Crippen molar-refractivity contribution in [2.75, 3.05) is 31.6 Å². The number of carboxylic acid groups (broad SMARTS) is 1. The number of rotatable bonds is 14. The van der Waals surface area contributed by atoms with Crippen LogP contribution in [0.5, 0.6) is 11.5 Å². The highest BCUT2D eigenvalue weighted by atomic mass is 16.5. The molecule has 3 aromatic carbocycles. The third-order valence-electron chi connectivity index (χ3n) is 6.74. The number of fused-ring (bicyclic) bond motifs is 1. The molecule has 39 heavy (non-hydrogen) atoms. The minimum atomic E-state index is -1.08. The molecule has 206 valence electrons. The van der Waals surface area contributed by atoms with Crippen LogP contribution < -0.4 is 20.7 Å². The van der Waals surface area contributed by atoms with Crippen molar-refractivity contribution in [3.8, 4) is 11.5 Å². The molecule has 3 aromatic rings. The average Bonchev–Trinajstić information content (AvgIpc) is 2.96. The summed E-state index contributed by atoms with van der Waals surface area (Å²) in [4.78, 5) is 11.4. The van der Waals surface area contributed by atoms with Gasteiger partial charge in [-0.15, -0.1) is 0 Å². The van der Waals surface area contributed by atoms with E-state index in [9.17, 15) is 20.1 Å². The number of benzene rings is 3. The van der Waals surface area contributed by atoms with Crippen LogP contribution in [0.4, 0.5) is 10.5 Å². The zero-order chi connectivity index (χ0) is 27.5. The maximum absolute atomic E-state index is 11.4. The van der Waals surface area contributed by atoms with Crippen molar-refractivity contribution in [1.29, 1.82) is 0 Å². The fourth-order valence-corrected chi connectivity index (χ4v) is 4.77. The van der Waals surface area contributed by atoms with Gasteiger partial charge in [-0.1, -0.05) is 73.5 Å². The molecule has 8 heteroatoms. The Labute approximate surface area is 229 Å². The molecule has 2 atom stereocenters. The molecule has 0 aliphatic carbocycles. The maximum atomic E-state index is 11.4. The first-order valence-electron chi connectivity index (χ1n) is 13.4. The molecule has 0 bridgehead atoms. The number of carbonyl (C=O) groups is 1. The molecule has 1 amide bonds. The molecule has 6 N–H and O–H groups in total. The van der Waals surface area contributed by atoms with Crippen LogP contribution in [0.2, 0.25) is 0 Å². The van der Waals surface area contributed by atoms with Crippen molar-refractivity contribution in [2.45, 2.75) is 37.8 Å². The molecule has 0 saturated carbocycles. The molecule has 0 fully saturated rings. The van der Waals surface area contributed by atoms with Gasteiger partial charge in [-0.25, -0.2) is 4.79 Å². The maximum Gasteiger partial charge on any atom is 0.405 e. The largest absolute Gasteiger partial charge is 0.506 e. The van der Waals surface area contributed by atoms with E-state index in [1.165, 1.54) is 0 Å². The van der Waals surface area contributed by atoms with Crippen molar-refractivity contribution < 1.29 is 24.9 Å². The number of nitrogens with one attached hydrogen (secondary N) is 3. The summed E-state index contributed by atoms with van der Waals surface area (Å²) in [6.07, 6.45) is 6.18. The van der Waals surface area contributed by atoms with Crippen LogP contribution in [-0.2, 0) is 0 Å². The summed E-state index contributed by atoms with van der Waals surface area (Å²) in [5.74, 6) is 0.916. The first-order valence-corrected chi connectivity index (χ1v) is 13.4. The smallest absolute Gasteiger partial charge is 0.405 e. The van der Waals surface area contributed by atoms with Gasteiger partial charge in [-0.05, 0) is 54.3 Å². The van der Waals surface area contributed by atoms with Gasteiger partial charge in [0.05, 0.1) is 24.4 Å². The van der Waals surface area contributed by atoms with Crippen molar-refractivity contribution >= 4 is 17.9 Å². The number of hydrogen-bond donors (Lipinski definition) is 6. The lowest BCUT2D eigenvalue weighted by Gasteiger charge is -2.21. The molecule has 8 nitrogen and oxygen atoms in total. The SMILES string of the molecule is O=C(O)NC(c1ccccc1)c1cccc(OCCCCCCNC[C@@H](O)c2ccc(O)c3c2C=CCN3)c1. The summed E-state index contributed by atoms with van der Waals surface area (Å²) in [5, 5.41) is 39.1. The van der Waals surface area contributed by atoms with Crippen LogP contribution in [0.15, 0.2) is 72.8 Å². The third-order valence-corrected chi connectivity index (χ3v) is 6.74. The van der Waals surface area contributed by atoms with Crippen LogP contribution in [0.1, 0.15) is 60.1 Å². The number of aromatic hydroxyl groups is 1. The fourth-order valence-electron chi connectivity index (χ4n) is 4.77. The first-order chi connectivity index (χ1) is 19.0. The zero-order valence-electron chi connectivity index (χ0n) is 22.0. The Hall–Kier alpha value is -4.01. The Kier molecular flexibility index (Phi) is 10.2. The lowest BCUT2D eigenvalue weighted by Crippen LogP contribution is -2.27. The molecule has 0 saturated heterocycles. The molecule has 4 rings (SSSR count). The summed E-state index contributed by atoms with van der Waals surface area (Å²) in [7, 11) is 0. The van der Waals surface area contributed by atoms with E-state index in [1.807, 2.05) is 66.7 Å². The summed E-state index contributed by atoms with van der Waals surface area (Å²) >= 11 is 0. The molecule has 0 radical (unpaired) electrons. The summed E-state index contributed by atoms with van der Waals surface area (Å²) < 4.78 is 5.95. The van der Waals surface area contributed by atoms with Gasteiger partial charge in [0, 0.05) is 18.7 Å². The van der Waals surface area contributed by atoms with E-state index in [0.29, 0.717) is 25.4 Å². The van der Waals surface area contributed by atoms with Crippen LogP contribution in [-0.4, -0.2) is 47.7 Å². The van der Waals surface area contributed by atoms with Crippen molar-refractivity contribution in [1.82, 2.24) is 10.6 Å². The van der Waals surface area contributed by atoms with Gasteiger partial charge in [0.15, 0.2) is 0 Å². The highest BCUT2D eigenvalue weighted by Crippen LogP contribution is 2.35. The topological polar surface area (TPSA) is 123 Å².